The van der Waals surface area contributed by atoms with Crippen LogP contribution in [0.5, 0.6) is 0 Å². The number of aromatic nitrogens is 2. The third kappa shape index (κ3) is 6.98. The molecule has 31 heavy (non-hydrogen) atoms. The molecule has 11 heteroatoms. The molecule has 0 amide bonds. The van der Waals surface area contributed by atoms with Gasteiger partial charge < -0.3 is 9.97 Å². The van der Waals surface area contributed by atoms with E-state index in [1.165, 1.54) is 34.8 Å². The molecule has 0 fully saturated rings. The van der Waals surface area contributed by atoms with E-state index in [0.29, 0.717) is 11.4 Å². The molecule has 0 saturated heterocycles. The van der Waals surface area contributed by atoms with E-state index < -0.39 is 23.5 Å². The third-order valence-corrected chi connectivity index (χ3v) is 5.25. The van der Waals surface area contributed by atoms with Gasteiger partial charge in [-0.05, 0) is 11.4 Å². The van der Waals surface area contributed by atoms with Crippen LogP contribution < -0.4 is 0 Å². The molecule has 4 aromatic rings. The number of alkyl halides is 6. The van der Waals surface area contributed by atoms with E-state index in [1.54, 1.807) is 22.9 Å². The molecule has 0 bridgehead atoms. The number of rotatable bonds is 2. The summed E-state index contributed by atoms with van der Waals surface area (Å²) in [5.74, 6) is 0. The van der Waals surface area contributed by atoms with Gasteiger partial charge in [0, 0.05) is 12.4 Å². The maximum Gasteiger partial charge on any atom is 2.00 e. The van der Waals surface area contributed by atoms with Crippen LogP contribution in [0.4, 0.5) is 26.3 Å². The van der Waals surface area contributed by atoms with Gasteiger partial charge >= 0.3 is 33.4 Å². The fourth-order valence-corrected chi connectivity index (χ4v) is 3.45. The summed E-state index contributed by atoms with van der Waals surface area (Å²) in [5.41, 5.74) is -0.443. The minimum absolute atomic E-state index is 0. The first-order valence-corrected chi connectivity index (χ1v) is 9.88. The van der Waals surface area contributed by atoms with Crippen molar-refractivity contribution in [3.63, 3.8) is 0 Å². The van der Waals surface area contributed by atoms with E-state index in [-0.39, 0.29) is 21.1 Å². The predicted molar refractivity (Wildman–Crippen MR) is 103 cm³/mol. The number of thiophene rings is 2. The maximum absolute atomic E-state index is 12.2. The Kier molecular flexibility index (Phi) is 8.56. The Bertz CT molecular complexity index is 956. The molecular formula is C20H10F6N2PtS2. The van der Waals surface area contributed by atoms with Gasteiger partial charge in [-0.3, -0.25) is 0 Å². The number of halogens is 6. The SMILES string of the molecule is FC(F)(F)c1ccc(-c2[c-]ccs2)nc1.FC(F)(F)c1ccc(-c2[c-]ccs2)nc1.[Pt+2]. The second-order valence-corrected chi connectivity index (χ2v) is 7.48. The molecule has 0 N–H and O–H groups in total. The molecule has 0 saturated carbocycles. The van der Waals surface area contributed by atoms with Gasteiger partial charge in [0.1, 0.15) is 0 Å². The molecule has 0 unspecified atom stereocenters. The average Bonchev–Trinajstić information content (AvgIpc) is 3.42. The monoisotopic (exact) mass is 651 g/mol. The Labute approximate surface area is 195 Å². The molecular weight excluding hydrogens is 641 g/mol. The Balaban J connectivity index is 0.000000213. The van der Waals surface area contributed by atoms with Crippen molar-refractivity contribution < 1.29 is 47.4 Å². The minimum atomic E-state index is -4.33. The molecule has 2 nitrogen and oxygen atoms in total. The van der Waals surface area contributed by atoms with Gasteiger partial charge in [0.15, 0.2) is 0 Å². The fraction of sp³-hybridized carbons (Fsp3) is 0.100. The van der Waals surface area contributed by atoms with Crippen molar-refractivity contribution in [2.24, 2.45) is 0 Å². The van der Waals surface area contributed by atoms with Gasteiger partial charge in [-0.15, -0.1) is 10.8 Å². The van der Waals surface area contributed by atoms with Crippen molar-refractivity contribution in [1.82, 2.24) is 9.97 Å². The summed E-state index contributed by atoms with van der Waals surface area (Å²) in [4.78, 5) is 8.97. The van der Waals surface area contributed by atoms with Gasteiger partial charge in [-0.1, -0.05) is 34.0 Å². The second kappa shape index (κ2) is 10.5. The smallest absolute Gasteiger partial charge is 0.318 e. The van der Waals surface area contributed by atoms with Crippen LogP contribution in [0, 0.1) is 12.1 Å². The molecule has 0 aliphatic carbocycles. The summed E-state index contributed by atoms with van der Waals surface area (Å²) in [5, 5.41) is 3.60. The van der Waals surface area contributed by atoms with Crippen LogP contribution in [0.25, 0.3) is 21.1 Å². The fourth-order valence-electron chi connectivity index (χ4n) is 2.15. The van der Waals surface area contributed by atoms with E-state index in [1.807, 2.05) is 0 Å². The largest absolute Gasteiger partial charge is 2.00 e. The summed E-state index contributed by atoms with van der Waals surface area (Å²) < 4.78 is 73.3. The van der Waals surface area contributed by atoms with Gasteiger partial charge in [0.05, 0.1) is 11.1 Å². The zero-order valence-electron chi connectivity index (χ0n) is 15.1. The number of nitrogens with zero attached hydrogens (tertiary/aromatic N) is 2. The number of pyridine rings is 2. The Morgan fingerprint density at radius 3 is 1.26 bits per heavy atom. The number of hydrogen-bond donors (Lipinski definition) is 0. The Morgan fingerprint density at radius 2 is 1.03 bits per heavy atom. The first kappa shape index (κ1) is 25.2. The van der Waals surface area contributed by atoms with E-state index in [9.17, 15) is 26.3 Å². The average molecular weight is 652 g/mol. The summed E-state index contributed by atoms with van der Waals surface area (Å²) in [6.07, 6.45) is -6.98. The standard InChI is InChI=1S/2C10H5F3NS.Pt/c2*11-10(12,13)7-3-4-8(14-6-7)9-2-1-5-15-9;/h2*1,3-6H;/q2*-1;+2. The predicted octanol–water partition coefficient (Wildman–Crippen LogP) is 7.26. The van der Waals surface area contributed by atoms with Crippen molar-refractivity contribution >= 4 is 22.7 Å². The van der Waals surface area contributed by atoms with E-state index >= 15 is 0 Å². The van der Waals surface area contributed by atoms with E-state index in [2.05, 4.69) is 22.1 Å². The molecule has 0 radical (unpaired) electrons. The van der Waals surface area contributed by atoms with Gasteiger partial charge in [0.25, 0.3) is 0 Å². The van der Waals surface area contributed by atoms with Crippen LogP contribution in [0.3, 0.4) is 0 Å². The van der Waals surface area contributed by atoms with Gasteiger partial charge in [0.2, 0.25) is 0 Å². The zero-order valence-corrected chi connectivity index (χ0v) is 19.0. The topological polar surface area (TPSA) is 25.8 Å². The molecule has 0 spiro atoms. The van der Waals surface area contributed by atoms with Crippen LogP contribution in [0.2, 0.25) is 0 Å². The Morgan fingerprint density at radius 1 is 0.645 bits per heavy atom. The first-order chi connectivity index (χ1) is 14.1. The molecule has 164 valence electrons. The molecule has 4 heterocycles. The van der Waals surface area contributed by atoms with Crippen molar-refractivity contribution in [2.75, 3.05) is 0 Å². The van der Waals surface area contributed by atoms with Crippen molar-refractivity contribution in [3.05, 3.63) is 82.8 Å². The van der Waals surface area contributed by atoms with Gasteiger partial charge in [-0.25, -0.2) is 22.7 Å². The molecule has 0 atom stereocenters. The van der Waals surface area contributed by atoms with Crippen molar-refractivity contribution in [1.29, 1.82) is 0 Å². The second-order valence-electron chi connectivity index (χ2n) is 5.65. The van der Waals surface area contributed by atoms with Crippen LogP contribution in [-0.2, 0) is 33.4 Å². The van der Waals surface area contributed by atoms with Crippen LogP contribution in [0.15, 0.2) is 59.6 Å². The minimum Gasteiger partial charge on any atom is -0.318 e. The quantitative estimate of drug-likeness (QED) is 0.169. The van der Waals surface area contributed by atoms with Crippen molar-refractivity contribution in [2.45, 2.75) is 12.4 Å². The van der Waals surface area contributed by atoms with Crippen LogP contribution >= 0.6 is 22.7 Å². The maximum atomic E-state index is 12.2. The zero-order chi connectivity index (χ0) is 21.8. The van der Waals surface area contributed by atoms with Gasteiger partial charge in [-0.2, -0.15) is 50.6 Å². The summed E-state index contributed by atoms with van der Waals surface area (Å²) >= 11 is 2.78. The third-order valence-electron chi connectivity index (χ3n) is 3.58. The number of hydrogen-bond acceptors (Lipinski definition) is 4. The van der Waals surface area contributed by atoms with Crippen LogP contribution in [-0.4, -0.2) is 9.97 Å². The molecule has 4 aromatic heterocycles. The van der Waals surface area contributed by atoms with Crippen molar-refractivity contribution in [3.8, 4) is 21.1 Å². The van der Waals surface area contributed by atoms with Crippen LogP contribution in [0.1, 0.15) is 11.1 Å². The molecule has 0 aromatic carbocycles. The summed E-state index contributed by atoms with van der Waals surface area (Å²) in [7, 11) is 0. The van der Waals surface area contributed by atoms with E-state index in [4.69, 9.17) is 0 Å². The summed E-state index contributed by atoms with van der Waals surface area (Å²) in [6.45, 7) is 0. The molecule has 0 aliphatic heterocycles. The molecule has 0 aliphatic rings. The van der Waals surface area contributed by atoms with E-state index in [0.717, 1.165) is 34.3 Å². The first-order valence-electron chi connectivity index (χ1n) is 8.12. The normalized spacial score (nSPS) is 11.3. The Hall–Kier alpha value is -2.03. The molecule has 4 rings (SSSR count). The summed E-state index contributed by atoms with van der Waals surface area (Å²) in [6, 6.07) is 13.9.